The first-order valence-electron chi connectivity index (χ1n) is 6.72. The molecule has 0 radical (unpaired) electrons. The predicted octanol–water partition coefficient (Wildman–Crippen LogP) is 3.12. The predicted molar refractivity (Wildman–Crippen MR) is 90.2 cm³/mol. The highest BCUT2D eigenvalue weighted by Gasteiger charge is 2.13. The van der Waals surface area contributed by atoms with E-state index in [1.165, 1.54) is 16.3 Å². The van der Waals surface area contributed by atoms with E-state index < -0.39 is 0 Å². The van der Waals surface area contributed by atoms with E-state index in [-0.39, 0.29) is 12.2 Å². The number of aromatic nitrogens is 2. The summed E-state index contributed by atoms with van der Waals surface area (Å²) in [7, 11) is 0. The molecule has 1 N–H and O–H groups in total. The summed E-state index contributed by atoms with van der Waals surface area (Å²) in [5.41, 5.74) is 1.16. The number of halogens is 1. The van der Waals surface area contributed by atoms with Gasteiger partial charge in [-0.3, -0.25) is 9.36 Å². The molecule has 6 heteroatoms. The molecule has 0 unspecified atom stereocenters. The minimum Gasteiger partial charge on any atom is -0.396 e. The number of fused-ring (bicyclic) bond motifs is 1. The molecule has 0 atom stereocenters. The molecular formula is C16H13ClN2O2S. The molecule has 1 heterocycles. The molecule has 0 bridgehead atoms. The van der Waals surface area contributed by atoms with Gasteiger partial charge >= 0.3 is 0 Å². The number of aliphatic hydroxyl groups is 1. The summed E-state index contributed by atoms with van der Waals surface area (Å²) in [6.07, 6.45) is 0. The Morgan fingerprint density at radius 1 is 1.18 bits per heavy atom. The van der Waals surface area contributed by atoms with Crippen molar-refractivity contribution in [3.8, 4) is 5.69 Å². The molecule has 3 aromatic rings. The molecular weight excluding hydrogens is 320 g/mol. The summed E-state index contributed by atoms with van der Waals surface area (Å²) in [6.45, 7) is 0.0168. The minimum atomic E-state index is -0.145. The monoisotopic (exact) mass is 332 g/mol. The van der Waals surface area contributed by atoms with E-state index in [9.17, 15) is 4.79 Å². The number of aliphatic hydroxyl groups excluding tert-OH is 1. The third-order valence-corrected chi connectivity index (χ3v) is 4.29. The highest BCUT2D eigenvalue weighted by molar-refractivity contribution is 7.99. The Labute approximate surface area is 136 Å². The van der Waals surface area contributed by atoms with Crippen LogP contribution in [0.25, 0.3) is 16.6 Å². The molecule has 1 aromatic heterocycles. The molecule has 112 valence electrons. The Morgan fingerprint density at radius 3 is 2.77 bits per heavy atom. The first-order chi connectivity index (χ1) is 10.7. The second-order valence-corrected chi connectivity index (χ2v) is 6.10. The zero-order valence-corrected chi connectivity index (χ0v) is 13.1. The van der Waals surface area contributed by atoms with Crippen molar-refractivity contribution >= 4 is 34.3 Å². The van der Waals surface area contributed by atoms with Gasteiger partial charge in [-0.25, -0.2) is 4.98 Å². The van der Waals surface area contributed by atoms with E-state index >= 15 is 0 Å². The fraction of sp³-hybridized carbons (Fsp3) is 0.125. The van der Waals surface area contributed by atoms with Gasteiger partial charge < -0.3 is 5.11 Å². The number of hydrogen-bond acceptors (Lipinski definition) is 4. The molecule has 0 saturated carbocycles. The van der Waals surface area contributed by atoms with Crippen LogP contribution < -0.4 is 5.56 Å². The maximum absolute atomic E-state index is 12.8. The van der Waals surface area contributed by atoms with Crippen molar-refractivity contribution in [1.82, 2.24) is 9.55 Å². The van der Waals surface area contributed by atoms with Crippen LogP contribution in [-0.4, -0.2) is 27.0 Å². The van der Waals surface area contributed by atoms with Crippen molar-refractivity contribution in [3.05, 3.63) is 63.9 Å². The molecule has 0 amide bonds. The Bertz CT molecular complexity index is 879. The number of nitrogens with zero attached hydrogens (tertiary/aromatic N) is 2. The molecule has 0 aliphatic carbocycles. The smallest absolute Gasteiger partial charge is 0.266 e. The standard InChI is InChI=1S/C16H13ClN2O2S/c17-11-4-3-5-12(10-11)19-15(21)13-6-1-2-7-14(13)18-16(19)22-9-8-20/h1-7,10,20H,8-9H2. The normalized spacial score (nSPS) is 11.0. The van der Waals surface area contributed by atoms with Crippen molar-refractivity contribution < 1.29 is 5.11 Å². The fourth-order valence-electron chi connectivity index (χ4n) is 2.19. The van der Waals surface area contributed by atoms with Gasteiger partial charge in [-0.2, -0.15) is 0 Å². The number of rotatable bonds is 4. The molecule has 0 aliphatic heterocycles. The Hall–Kier alpha value is -1.82. The van der Waals surface area contributed by atoms with Gasteiger partial charge in [-0.05, 0) is 30.3 Å². The topological polar surface area (TPSA) is 55.1 Å². The summed E-state index contributed by atoms with van der Waals surface area (Å²) in [5, 5.41) is 10.7. The van der Waals surface area contributed by atoms with Crippen LogP contribution >= 0.6 is 23.4 Å². The van der Waals surface area contributed by atoms with Crippen LogP contribution in [0.4, 0.5) is 0 Å². The summed E-state index contributed by atoms with van der Waals surface area (Å²) in [5.74, 6) is 0.464. The third-order valence-electron chi connectivity index (χ3n) is 3.13. The zero-order chi connectivity index (χ0) is 15.5. The molecule has 2 aromatic carbocycles. The first-order valence-corrected chi connectivity index (χ1v) is 8.08. The second-order valence-electron chi connectivity index (χ2n) is 4.60. The second kappa shape index (κ2) is 6.52. The van der Waals surface area contributed by atoms with E-state index in [0.717, 1.165) is 0 Å². The Balaban J connectivity index is 2.29. The van der Waals surface area contributed by atoms with Gasteiger partial charge in [0.1, 0.15) is 0 Å². The SMILES string of the molecule is O=c1c2ccccc2nc(SCCO)n1-c1cccc(Cl)c1. The van der Waals surface area contributed by atoms with Gasteiger partial charge in [0.15, 0.2) is 5.16 Å². The minimum absolute atomic E-state index is 0.0168. The maximum atomic E-state index is 12.8. The average Bonchev–Trinajstić information content (AvgIpc) is 2.53. The molecule has 0 aliphatic rings. The Kier molecular flexibility index (Phi) is 4.47. The highest BCUT2D eigenvalue weighted by Crippen LogP contribution is 2.22. The van der Waals surface area contributed by atoms with Crippen LogP contribution in [0.1, 0.15) is 0 Å². The Morgan fingerprint density at radius 2 is 2.00 bits per heavy atom. The van der Waals surface area contributed by atoms with Crippen molar-refractivity contribution in [2.45, 2.75) is 5.16 Å². The van der Waals surface area contributed by atoms with E-state index in [1.54, 1.807) is 24.3 Å². The molecule has 22 heavy (non-hydrogen) atoms. The third kappa shape index (κ3) is 2.88. The van der Waals surface area contributed by atoms with E-state index in [4.69, 9.17) is 16.7 Å². The summed E-state index contributed by atoms with van der Waals surface area (Å²) in [6, 6.07) is 14.3. The average molecular weight is 333 g/mol. The lowest BCUT2D eigenvalue weighted by Crippen LogP contribution is -2.22. The fourth-order valence-corrected chi connectivity index (χ4v) is 3.13. The lowest BCUT2D eigenvalue weighted by molar-refractivity contribution is 0.322. The van der Waals surface area contributed by atoms with Gasteiger partial charge in [-0.15, -0.1) is 0 Å². The largest absolute Gasteiger partial charge is 0.396 e. The summed E-state index contributed by atoms with van der Waals surface area (Å²) >= 11 is 7.37. The van der Waals surface area contributed by atoms with Crippen molar-refractivity contribution in [3.63, 3.8) is 0 Å². The van der Waals surface area contributed by atoms with Crippen LogP contribution in [0.3, 0.4) is 0 Å². The highest BCUT2D eigenvalue weighted by atomic mass is 35.5. The van der Waals surface area contributed by atoms with Crippen molar-refractivity contribution in [1.29, 1.82) is 0 Å². The molecule has 0 spiro atoms. The van der Waals surface area contributed by atoms with Crippen LogP contribution in [0.2, 0.25) is 5.02 Å². The number of benzene rings is 2. The number of hydrogen-bond donors (Lipinski definition) is 1. The summed E-state index contributed by atoms with van der Waals surface area (Å²) < 4.78 is 1.54. The molecule has 4 nitrogen and oxygen atoms in total. The first kappa shape index (κ1) is 15.1. The van der Waals surface area contributed by atoms with E-state index in [2.05, 4.69) is 4.98 Å². The lowest BCUT2D eigenvalue weighted by Gasteiger charge is -2.13. The van der Waals surface area contributed by atoms with Gasteiger partial charge in [-0.1, -0.05) is 41.6 Å². The van der Waals surface area contributed by atoms with Crippen LogP contribution in [0.5, 0.6) is 0 Å². The van der Waals surface area contributed by atoms with E-state index in [0.29, 0.717) is 32.5 Å². The van der Waals surface area contributed by atoms with Crippen LogP contribution in [0.15, 0.2) is 58.5 Å². The van der Waals surface area contributed by atoms with Crippen molar-refractivity contribution in [2.24, 2.45) is 0 Å². The molecule has 0 saturated heterocycles. The van der Waals surface area contributed by atoms with Crippen molar-refractivity contribution in [2.75, 3.05) is 12.4 Å². The number of para-hydroxylation sites is 1. The van der Waals surface area contributed by atoms with Crippen LogP contribution in [-0.2, 0) is 0 Å². The van der Waals surface area contributed by atoms with Gasteiger partial charge in [0.05, 0.1) is 23.2 Å². The molecule has 0 fully saturated rings. The molecule has 3 rings (SSSR count). The van der Waals surface area contributed by atoms with Gasteiger partial charge in [0.2, 0.25) is 0 Å². The van der Waals surface area contributed by atoms with Crippen LogP contribution in [0, 0.1) is 0 Å². The zero-order valence-electron chi connectivity index (χ0n) is 11.6. The number of thioether (sulfide) groups is 1. The maximum Gasteiger partial charge on any atom is 0.266 e. The lowest BCUT2D eigenvalue weighted by atomic mass is 10.2. The quantitative estimate of drug-likeness (QED) is 0.589. The van der Waals surface area contributed by atoms with E-state index in [1.807, 2.05) is 24.3 Å². The van der Waals surface area contributed by atoms with Gasteiger partial charge in [0, 0.05) is 10.8 Å². The van der Waals surface area contributed by atoms with Gasteiger partial charge in [0.25, 0.3) is 5.56 Å². The summed E-state index contributed by atoms with van der Waals surface area (Å²) in [4.78, 5) is 17.4.